The quantitative estimate of drug-likeness (QED) is 0.806. The van der Waals surface area contributed by atoms with Gasteiger partial charge in [0.05, 0.1) is 0 Å². The lowest BCUT2D eigenvalue weighted by atomic mass is 10.0. The Morgan fingerprint density at radius 1 is 1.25 bits per heavy atom. The zero-order chi connectivity index (χ0) is 11.4. The Labute approximate surface area is 107 Å². The van der Waals surface area contributed by atoms with Gasteiger partial charge in [-0.05, 0) is 36.6 Å². The zero-order valence-corrected chi connectivity index (χ0v) is 11.0. The molecule has 0 saturated heterocycles. The lowest BCUT2D eigenvalue weighted by molar-refractivity contribution is 0.516. The van der Waals surface area contributed by atoms with E-state index >= 15 is 0 Å². The molecule has 0 radical (unpaired) electrons. The highest BCUT2D eigenvalue weighted by Crippen LogP contribution is 2.32. The number of hydrogen-bond acceptors (Lipinski definition) is 2. The molecule has 0 bridgehead atoms. The van der Waals surface area contributed by atoms with E-state index in [2.05, 4.69) is 0 Å². The standard InChI is InChI=1S/C13H18ClNS/c14-11-6-7-13(15)10(8-11)9-16-12-4-2-1-3-5-12/h6-8,12H,1-5,9,15H2. The number of benzene rings is 1. The van der Waals surface area contributed by atoms with Gasteiger partial charge in [-0.25, -0.2) is 0 Å². The predicted octanol–water partition coefficient (Wildman–Crippen LogP) is 4.49. The second-order valence-electron chi connectivity index (χ2n) is 4.41. The summed E-state index contributed by atoms with van der Waals surface area (Å²) in [7, 11) is 0. The molecule has 1 aliphatic rings. The minimum atomic E-state index is 0.786. The molecule has 1 fully saturated rings. The molecule has 1 aromatic carbocycles. The normalized spacial score (nSPS) is 17.6. The van der Waals surface area contributed by atoms with E-state index in [-0.39, 0.29) is 0 Å². The first-order valence-corrected chi connectivity index (χ1v) is 7.34. The van der Waals surface area contributed by atoms with Crippen LogP contribution in [0.2, 0.25) is 5.02 Å². The molecule has 0 aromatic heterocycles. The fourth-order valence-corrected chi connectivity index (χ4v) is 3.67. The highest BCUT2D eigenvalue weighted by molar-refractivity contribution is 7.99. The number of anilines is 1. The van der Waals surface area contributed by atoms with Gasteiger partial charge in [0.2, 0.25) is 0 Å². The van der Waals surface area contributed by atoms with Crippen molar-refractivity contribution in [1.82, 2.24) is 0 Å². The van der Waals surface area contributed by atoms with Crippen LogP contribution >= 0.6 is 23.4 Å². The Kier molecular flexibility index (Phi) is 4.42. The maximum atomic E-state index is 5.97. The molecule has 88 valence electrons. The summed E-state index contributed by atoms with van der Waals surface area (Å²) in [6.45, 7) is 0. The number of nitrogen functional groups attached to an aromatic ring is 1. The van der Waals surface area contributed by atoms with E-state index in [1.807, 2.05) is 30.0 Å². The zero-order valence-electron chi connectivity index (χ0n) is 9.42. The van der Waals surface area contributed by atoms with E-state index in [9.17, 15) is 0 Å². The van der Waals surface area contributed by atoms with Gasteiger partial charge >= 0.3 is 0 Å². The van der Waals surface area contributed by atoms with Gasteiger partial charge in [0.1, 0.15) is 0 Å². The van der Waals surface area contributed by atoms with Crippen molar-refractivity contribution in [1.29, 1.82) is 0 Å². The lowest BCUT2D eigenvalue weighted by Crippen LogP contribution is -2.08. The van der Waals surface area contributed by atoms with Crippen LogP contribution in [0.1, 0.15) is 37.7 Å². The van der Waals surface area contributed by atoms with Crippen molar-refractivity contribution in [3.8, 4) is 0 Å². The van der Waals surface area contributed by atoms with Crippen LogP contribution in [0.5, 0.6) is 0 Å². The van der Waals surface area contributed by atoms with Gasteiger partial charge in [0, 0.05) is 21.7 Å². The number of thioether (sulfide) groups is 1. The molecule has 0 spiro atoms. The molecule has 0 unspecified atom stereocenters. The number of halogens is 1. The topological polar surface area (TPSA) is 26.0 Å². The molecule has 0 heterocycles. The highest BCUT2D eigenvalue weighted by atomic mass is 35.5. The number of nitrogens with two attached hydrogens (primary N) is 1. The van der Waals surface area contributed by atoms with Crippen molar-refractivity contribution in [3.63, 3.8) is 0 Å². The summed E-state index contributed by atoms with van der Waals surface area (Å²) in [6.07, 6.45) is 6.93. The molecule has 0 atom stereocenters. The van der Waals surface area contributed by atoms with E-state index < -0.39 is 0 Å². The number of rotatable bonds is 3. The third-order valence-corrected chi connectivity index (χ3v) is 4.79. The Morgan fingerprint density at radius 3 is 2.75 bits per heavy atom. The Morgan fingerprint density at radius 2 is 2.00 bits per heavy atom. The first-order valence-electron chi connectivity index (χ1n) is 5.91. The summed E-state index contributed by atoms with van der Waals surface area (Å²) in [5.74, 6) is 0.997. The van der Waals surface area contributed by atoms with Crippen molar-refractivity contribution in [2.45, 2.75) is 43.1 Å². The van der Waals surface area contributed by atoms with Crippen molar-refractivity contribution in [2.24, 2.45) is 0 Å². The van der Waals surface area contributed by atoms with Crippen molar-refractivity contribution >= 4 is 29.1 Å². The fourth-order valence-electron chi connectivity index (χ4n) is 2.14. The molecule has 1 nitrogen and oxygen atoms in total. The van der Waals surface area contributed by atoms with Gasteiger partial charge in [-0.15, -0.1) is 0 Å². The van der Waals surface area contributed by atoms with Gasteiger partial charge < -0.3 is 5.73 Å². The van der Waals surface area contributed by atoms with Crippen LogP contribution < -0.4 is 5.73 Å². The largest absolute Gasteiger partial charge is 0.398 e. The highest BCUT2D eigenvalue weighted by Gasteiger charge is 2.14. The molecule has 16 heavy (non-hydrogen) atoms. The molecule has 2 rings (SSSR count). The van der Waals surface area contributed by atoms with Gasteiger partial charge in [0.25, 0.3) is 0 Å². The van der Waals surface area contributed by atoms with Crippen molar-refractivity contribution in [3.05, 3.63) is 28.8 Å². The van der Waals surface area contributed by atoms with Crippen LogP contribution in [0, 0.1) is 0 Å². The summed E-state index contributed by atoms with van der Waals surface area (Å²) in [5.41, 5.74) is 7.98. The lowest BCUT2D eigenvalue weighted by Gasteiger charge is -2.21. The molecule has 2 N–H and O–H groups in total. The van der Waals surface area contributed by atoms with E-state index in [0.717, 1.165) is 21.7 Å². The maximum absolute atomic E-state index is 5.97. The molecule has 3 heteroatoms. The summed E-state index contributed by atoms with van der Waals surface area (Å²) in [4.78, 5) is 0. The second-order valence-corrected chi connectivity index (χ2v) is 6.14. The van der Waals surface area contributed by atoms with Crippen LogP contribution in [-0.2, 0) is 5.75 Å². The van der Waals surface area contributed by atoms with Crippen LogP contribution in [0.3, 0.4) is 0 Å². The number of hydrogen-bond donors (Lipinski definition) is 1. The Hall–Kier alpha value is -0.340. The molecular weight excluding hydrogens is 238 g/mol. The average molecular weight is 256 g/mol. The Bertz CT molecular complexity index is 348. The van der Waals surface area contributed by atoms with Gasteiger partial charge in [-0.1, -0.05) is 30.9 Å². The Balaban J connectivity index is 1.90. The van der Waals surface area contributed by atoms with Crippen molar-refractivity contribution < 1.29 is 0 Å². The molecule has 1 saturated carbocycles. The minimum Gasteiger partial charge on any atom is -0.398 e. The maximum Gasteiger partial charge on any atom is 0.0410 e. The van der Waals surface area contributed by atoms with Gasteiger partial charge in [0.15, 0.2) is 0 Å². The molecule has 1 aliphatic carbocycles. The third kappa shape index (κ3) is 3.33. The summed E-state index contributed by atoms with van der Waals surface area (Å²) < 4.78 is 0. The van der Waals surface area contributed by atoms with Crippen LogP contribution in [-0.4, -0.2) is 5.25 Å². The third-order valence-electron chi connectivity index (χ3n) is 3.13. The average Bonchev–Trinajstić information content (AvgIpc) is 2.32. The summed E-state index contributed by atoms with van der Waals surface area (Å²) >= 11 is 8.01. The first kappa shape index (κ1) is 12.1. The molecular formula is C13H18ClNS. The van der Waals surface area contributed by atoms with Gasteiger partial charge in [-0.2, -0.15) is 11.8 Å². The van der Waals surface area contributed by atoms with E-state index in [0.29, 0.717) is 0 Å². The van der Waals surface area contributed by atoms with Gasteiger partial charge in [-0.3, -0.25) is 0 Å². The molecule has 0 amide bonds. The predicted molar refractivity (Wildman–Crippen MR) is 74.0 cm³/mol. The first-order chi connectivity index (χ1) is 7.75. The second kappa shape index (κ2) is 5.83. The van der Waals surface area contributed by atoms with Crippen LogP contribution in [0.4, 0.5) is 5.69 Å². The van der Waals surface area contributed by atoms with E-state index in [4.69, 9.17) is 17.3 Å². The SMILES string of the molecule is Nc1ccc(Cl)cc1CSC1CCCCC1. The van der Waals surface area contributed by atoms with E-state index in [1.165, 1.54) is 37.7 Å². The smallest absolute Gasteiger partial charge is 0.0410 e. The van der Waals surface area contributed by atoms with Crippen molar-refractivity contribution in [2.75, 3.05) is 5.73 Å². The molecule has 1 aromatic rings. The van der Waals surface area contributed by atoms with E-state index in [1.54, 1.807) is 0 Å². The van der Waals surface area contributed by atoms with Crippen LogP contribution in [0.15, 0.2) is 18.2 Å². The monoisotopic (exact) mass is 255 g/mol. The fraction of sp³-hybridized carbons (Fsp3) is 0.538. The molecule has 0 aliphatic heterocycles. The minimum absolute atomic E-state index is 0.786. The van der Waals surface area contributed by atoms with Crippen LogP contribution in [0.25, 0.3) is 0 Å². The summed E-state index contributed by atoms with van der Waals surface area (Å²) in [6, 6.07) is 5.75. The summed E-state index contributed by atoms with van der Waals surface area (Å²) in [5, 5.41) is 1.61.